The number of carbonyl (C=O) groups is 1. The van der Waals surface area contributed by atoms with Crippen LogP contribution in [0.1, 0.15) is 0 Å². The Kier molecular flexibility index (Phi) is 5.53. The zero-order valence-electron chi connectivity index (χ0n) is 13.3. The van der Waals surface area contributed by atoms with Gasteiger partial charge in [0.05, 0.1) is 18.9 Å². The van der Waals surface area contributed by atoms with Crippen LogP contribution in [0.4, 0.5) is 5.13 Å². The second kappa shape index (κ2) is 8.01. The normalized spacial score (nSPS) is 10.9. The van der Waals surface area contributed by atoms with Crippen molar-refractivity contribution in [1.82, 2.24) is 4.98 Å². The number of aromatic nitrogens is 1. The van der Waals surface area contributed by atoms with Gasteiger partial charge in [-0.1, -0.05) is 36.4 Å². The summed E-state index contributed by atoms with van der Waals surface area (Å²) in [6.45, 7) is 0.856. The molecule has 5 nitrogen and oxygen atoms in total. The highest BCUT2D eigenvalue weighted by Gasteiger charge is 2.08. The number of carbonyl (C=O) groups excluding carboxylic acids is 1. The predicted molar refractivity (Wildman–Crippen MR) is 96.4 cm³/mol. The van der Waals surface area contributed by atoms with Crippen molar-refractivity contribution in [1.29, 1.82) is 0 Å². The van der Waals surface area contributed by atoms with Crippen LogP contribution in [-0.2, 0) is 14.3 Å². The molecule has 0 aliphatic carbocycles. The summed E-state index contributed by atoms with van der Waals surface area (Å²) in [6.07, 6.45) is 0. The van der Waals surface area contributed by atoms with Gasteiger partial charge in [0.15, 0.2) is 5.13 Å². The Morgan fingerprint density at radius 3 is 2.83 bits per heavy atom. The van der Waals surface area contributed by atoms with E-state index >= 15 is 0 Å². The molecule has 0 unspecified atom stereocenters. The summed E-state index contributed by atoms with van der Waals surface area (Å²) >= 11 is 1.40. The Morgan fingerprint density at radius 1 is 1.17 bits per heavy atom. The number of nitrogens with one attached hydrogen (secondary N) is 1. The van der Waals surface area contributed by atoms with Gasteiger partial charge in [-0.15, -0.1) is 11.3 Å². The van der Waals surface area contributed by atoms with Crippen molar-refractivity contribution < 1.29 is 14.3 Å². The standard InChI is InChI=1S/C18H18N2O3S/c1-22-8-9-23-11-17(21)20-18-19-16(12-24-18)15-7-6-13-4-2-3-5-14(13)10-15/h2-7,10,12H,8-9,11H2,1H3,(H,19,20,21). The van der Waals surface area contributed by atoms with Gasteiger partial charge in [0.2, 0.25) is 0 Å². The van der Waals surface area contributed by atoms with Crippen LogP contribution in [0, 0.1) is 0 Å². The van der Waals surface area contributed by atoms with E-state index in [4.69, 9.17) is 9.47 Å². The van der Waals surface area contributed by atoms with Gasteiger partial charge in [-0.05, 0) is 16.8 Å². The van der Waals surface area contributed by atoms with Gasteiger partial charge in [-0.3, -0.25) is 10.1 Å². The molecule has 0 atom stereocenters. The van der Waals surface area contributed by atoms with Gasteiger partial charge in [-0.25, -0.2) is 4.98 Å². The fourth-order valence-corrected chi connectivity index (χ4v) is 3.01. The number of hydrogen-bond acceptors (Lipinski definition) is 5. The van der Waals surface area contributed by atoms with Gasteiger partial charge >= 0.3 is 0 Å². The van der Waals surface area contributed by atoms with Gasteiger partial charge in [0.1, 0.15) is 6.61 Å². The smallest absolute Gasteiger partial charge is 0.252 e. The van der Waals surface area contributed by atoms with Crippen molar-refractivity contribution in [2.45, 2.75) is 0 Å². The maximum absolute atomic E-state index is 11.8. The van der Waals surface area contributed by atoms with Crippen molar-refractivity contribution >= 4 is 33.1 Å². The van der Waals surface area contributed by atoms with E-state index < -0.39 is 0 Å². The SMILES string of the molecule is COCCOCC(=O)Nc1nc(-c2ccc3ccccc3c2)cs1. The van der Waals surface area contributed by atoms with Gasteiger partial charge in [0, 0.05) is 18.1 Å². The summed E-state index contributed by atoms with van der Waals surface area (Å²) in [5, 5.41) is 7.61. The maximum Gasteiger partial charge on any atom is 0.252 e. The van der Waals surface area contributed by atoms with Crippen LogP contribution in [0.5, 0.6) is 0 Å². The molecule has 0 bridgehead atoms. The minimum Gasteiger partial charge on any atom is -0.382 e. The van der Waals surface area contributed by atoms with Crippen LogP contribution >= 0.6 is 11.3 Å². The Balaban J connectivity index is 1.65. The fraction of sp³-hybridized carbons (Fsp3) is 0.222. The number of anilines is 1. The van der Waals surface area contributed by atoms with Crippen molar-refractivity contribution in [2.75, 3.05) is 32.2 Å². The van der Waals surface area contributed by atoms with Gasteiger partial charge in [0.25, 0.3) is 5.91 Å². The summed E-state index contributed by atoms with van der Waals surface area (Å²) in [4.78, 5) is 16.3. The Hall–Kier alpha value is -2.28. The Bertz CT molecular complexity index is 832. The molecular formula is C18H18N2O3S. The molecule has 124 valence electrons. The molecular weight excluding hydrogens is 324 g/mol. The number of nitrogens with zero attached hydrogens (tertiary/aromatic N) is 1. The minimum absolute atomic E-state index is 0.00571. The fourth-order valence-electron chi connectivity index (χ4n) is 2.27. The molecule has 0 fully saturated rings. The van der Waals surface area contributed by atoms with E-state index in [1.165, 1.54) is 22.1 Å². The quantitative estimate of drug-likeness (QED) is 0.667. The molecule has 0 spiro atoms. The third-order valence-electron chi connectivity index (χ3n) is 3.46. The number of amides is 1. The first-order valence-electron chi connectivity index (χ1n) is 7.57. The van der Waals surface area contributed by atoms with Crippen molar-refractivity contribution in [3.05, 3.63) is 47.8 Å². The number of fused-ring (bicyclic) bond motifs is 1. The molecule has 3 rings (SSSR count). The molecule has 0 saturated carbocycles. The second-order valence-corrected chi connectivity index (χ2v) is 6.05. The first-order valence-corrected chi connectivity index (χ1v) is 8.45. The maximum atomic E-state index is 11.8. The number of methoxy groups -OCH3 is 1. The monoisotopic (exact) mass is 342 g/mol. The lowest BCUT2D eigenvalue weighted by molar-refractivity contribution is -0.121. The van der Waals surface area contributed by atoms with Crippen LogP contribution < -0.4 is 5.32 Å². The number of hydrogen-bond donors (Lipinski definition) is 1. The largest absolute Gasteiger partial charge is 0.382 e. The zero-order valence-corrected chi connectivity index (χ0v) is 14.1. The highest BCUT2D eigenvalue weighted by molar-refractivity contribution is 7.14. The molecule has 1 amide bonds. The average molecular weight is 342 g/mol. The molecule has 2 aromatic carbocycles. The topological polar surface area (TPSA) is 60.5 Å². The van der Waals surface area contributed by atoms with Gasteiger partial charge in [-0.2, -0.15) is 0 Å². The molecule has 0 radical (unpaired) electrons. The summed E-state index contributed by atoms with van der Waals surface area (Å²) in [6, 6.07) is 14.4. The first-order chi connectivity index (χ1) is 11.8. The lowest BCUT2D eigenvalue weighted by atomic mass is 10.1. The number of ether oxygens (including phenoxy) is 2. The molecule has 1 N–H and O–H groups in total. The summed E-state index contributed by atoms with van der Waals surface area (Å²) < 4.78 is 10.0. The van der Waals surface area contributed by atoms with E-state index in [1.807, 2.05) is 23.6 Å². The lowest BCUT2D eigenvalue weighted by Gasteiger charge is -2.03. The third-order valence-corrected chi connectivity index (χ3v) is 4.22. The molecule has 24 heavy (non-hydrogen) atoms. The molecule has 0 saturated heterocycles. The summed E-state index contributed by atoms with van der Waals surface area (Å²) in [7, 11) is 1.59. The zero-order chi connectivity index (χ0) is 16.8. The lowest BCUT2D eigenvalue weighted by Crippen LogP contribution is -2.19. The van der Waals surface area contributed by atoms with Crippen LogP contribution in [-0.4, -0.2) is 37.8 Å². The van der Waals surface area contributed by atoms with E-state index in [2.05, 4.69) is 34.6 Å². The van der Waals surface area contributed by atoms with Crippen molar-refractivity contribution in [2.24, 2.45) is 0 Å². The van der Waals surface area contributed by atoms with E-state index in [9.17, 15) is 4.79 Å². The summed E-state index contributed by atoms with van der Waals surface area (Å²) in [5.74, 6) is -0.217. The van der Waals surface area contributed by atoms with Crippen LogP contribution in [0.15, 0.2) is 47.8 Å². The first kappa shape index (κ1) is 16.6. The minimum atomic E-state index is -0.217. The van der Waals surface area contributed by atoms with Crippen LogP contribution in [0.3, 0.4) is 0 Å². The van der Waals surface area contributed by atoms with E-state index in [0.717, 1.165) is 11.3 Å². The average Bonchev–Trinajstić information content (AvgIpc) is 3.07. The van der Waals surface area contributed by atoms with Crippen LogP contribution in [0.25, 0.3) is 22.0 Å². The molecule has 1 heterocycles. The third kappa shape index (κ3) is 4.17. The summed E-state index contributed by atoms with van der Waals surface area (Å²) in [5.41, 5.74) is 1.88. The van der Waals surface area contributed by atoms with E-state index in [0.29, 0.717) is 18.3 Å². The molecule has 6 heteroatoms. The van der Waals surface area contributed by atoms with E-state index in [1.54, 1.807) is 7.11 Å². The van der Waals surface area contributed by atoms with Crippen LogP contribution in [0.2, 0.25) is 0 Å². The molecule has 3 aromatic rings. The number of rotatable bonds is 7. The molecule has 0 aliphatic rings. The van der Waals surface area contributed by atoms with E-state index in [-0.39, 0.29) is 12.5 Å². The number of benzene rings is 2. The highest BCUT2D eigenvalue weighted by Crippen LogP contribution is 2.27. The number of thiazole rings is 1. The molecule has 1 aromatic heterocycles. The van der Waals surface area contributed by atoms with Crippen molar-refractivity contribution in [3.63, 3.8) is 0 Å². The Morgan fingerprint density at radius 2 is 2.00 bits per heavy atom. The second-order valence-electron chi connectivity index (χ2n) is 5.19. The highest BCUT2D eigenvalue weighted by atomic mass is 32.1. The van der Waals surface area contributed by atoms with Gasteiger partial charge < -0.3 is 9.47 Å². The Labute approximate surface area is 144 Å². The van der Waals surface area contributed by atoms with Crippen molar-refractivity contribution in [3.8, 4) is 11.3 Å². The predicted octanol–water partition coefficient (Wildman–Crippen LogP) is 3.56. The molecule has 0 aliphatic heterocycles.